The van der Waals surface area contributed by atoms with Crippen molar-refractivity contribution in [2.45, 2.75) is 26.5 Å². The Kier molecular flexibility index (Phi) is 4.66. The second kappa shape index (κ2) is 6.25. The van der Waals surface area contributed by atoms with E-state index < -0.39 is 0 Å². The predicted octanol–water partition coefficient (Wildman–Crippen LogP) is 3.37. The fourth-order valence-corrected chi connectivity index (χ4v) is 2.93. The molecule has 1 heterocycles. The molecular formula is C14H20N2OS. The molecule has 0 fully saturated rings. The quantitative estimate of drug-likeness (QED) is 0.908. The van der Waals surface area contributed by atoms with Gasteiger partial charge < -0.3 is 10.1 Å². The molecule has 3 nitrogen and oxygen atoms in total. The van der Waals surface area contributed by atoms with Crippen molar-refractivity contribution in [2.75, 3.05) is 18.2 Å². The molecule has 2 unspecified atom stereocenters. The van der Waals surface area contributed by atoms with Crippen LogP contribution in [0.15, 0.2) is 29.3 Å². The van der Waals surface area contributed by atoms with Crippen molar-refractivity contribution in [1.82, 2.24) is 0 Å². The maximum Gasteiger partial charge on any atom is 0.161 e. The van der Waals surface area contributed by atoms with Gasteiger partial charge in [-0.25, -0.2) is 0 Å². The van der Waals surface area contributed by atoms with E-state index in [0.717, 1.165) is 16.6 Å². The number of benzene rings is 1. The van der Waals surface area contributed by atoms with Gasteiger partial charge in [0.05, 0.1) is 12.6 Å². The van der Waals surface area contributed by atoms with Crippen LogP contribution >= 0.6 is 11.8 Å². The number of hydrogen-bond acceptors (Lipinski definition) is 4. The van der Waals surface area contributed by atoms with Crippen molar-refractivity contribution in [3.8, 4) is 0 Å². The summed E-state index contributed by atoms with van der Waals surface area (Å²) in [4.78, 5) is 4.67. The zero-order valence-corrected chi connectivity index (χ0v) is 12.0. The molecule has 0 saturated heterocycles. The first-order valence-electron chi connectivity index (χ1n) is 6.24. The normalized spacial score (nSPS) is 23.6. The number of methoxy groups -OCH3 is 1. The Balaban J connectivity index is 2.05. The van der Waals surface area contributed by atoms with Crippen LogP contribution in [0.5, 0.6) is 0 Å². The average Bonchev–Trinajstić information content (AvgIpc) is 2.35. The Hall–Kier alpha value is -1.00. The fourth-order valence-electron chi connectivity index (χ4n) is 1.80. The third kappa shape index (κ3) is 3.50. The van der Waals surface area contributed by atoms with Crippen molar-refractivity contribution in [3.63, 3.8) is 0 Å². The third-order valence-corrected chi connectivity index (χ3v) is 4.29. The minimum absolute atomic E-state index is 0.399. The fraction of sp³-hybridized carbons (Fsp3) is 0.500. The highest BCUT2D eigenvalue weighted by molar-refractivity contribution is 8.14. The molecule has 0 amide bonds. The predicted molar refractivity (Wildman–Crippen MR) is 79.3 cm³/mol. The molecule has 0 saturated carbocycles. The van der Waals surface area contributed by atoms with E-state index in [2.05, 4.69) is 42.4 Å². The van der Waals surface area contributed by atoms with Crippen LogP contribution in [0.2, 0.25) is 0 Å². The van der Waals surface area contributed by atoms with Gasteiger partial charge in [0.2, 0.25) is 0 Å². The number of nitrogens with zero attached hydrogens (tertiary/aromatic N) is 1. The molecule has 2 atom stereocenters. The summed E-state index contributed by atoms with van der Waals surface area (Å²) in [5.41, 5.74) is 2.25. The van der Waals surface area contributed by atoms with E-state index in [0.29, 0.717) is 18.6 Å². The summed E-state index contributed by atoms with van der Waals surface area (Å²) in [7, 11) is 1.71. The van der Waals surface area contributed by atoms with Crippen LogP contribution in [-0.4, -0.2) is 24.1 Å². The van der Waals surface area contributed by atoms with Crippen LogP contribution in [0, 0.1) is 5.92 Å². The highest BCUT2D eigenvalue weighted by atomic mass is 32.2. The van der Waals surface area contributed by atoms with Crippen molar-refractivity contribution in [1.29, 1.82) is 0 Å². The molecule has 0 aromatic heterocycles. The standard InChI is InChI=1S/C14H20N2OS/c1-10-9-18-14(15-11(10)2)16-13-6-4-5-12(7-13)8-17-3/h4-7,10-11H,8-9H2,1-3H3,(H,15,16). The van der Waals surface area contributed by atoms with Crippen molar-refractivity contribution >= 4 is 22.6 Å². The lowest BCUT2D eigenvalue weighted by Gasteiger charge is -2.23. The SMILES string of the molecule is COCc1cccc(NC2=NC(C)C(C)CS2)c1. The Bertz CT molecular complexity index is 434. The molecule has 0 radical (unpaired) electrons. The molecule has 1 aromatic rings. The van der Waals surface area contributed by atoms with Gasteiger partial charge in [0.15, 0.2) is 5.17 Å². The van der Waals surface area contributed by atoms with E-state index in [4.69, 9.17) is 4.74 Å². The van der Waals surface area contributed by atoms with E-state index in [1.165, 1.54) is 5.56 Å². The molecular weight excluding hydrogens is 244 g/mol. The topological polar surface area (TPSA) is 33.6 Å². The van der Waals surface area contributed by atoms with Gasteiger partial charge in [-0.1, -0.05) is 30.8 Å². The van der Waals surface area contributed by atoms with Gasteiger partial charge in [-0.3, -0.25) is 4.99 Å². The van der Waals surface area contributed by atoms with Gasteiger partial charge in [-0.05, 0) is 30.5 Å². The van der Waals surface area contributed by atoms with Gasteiger partial charge in [-0.15, -0.1) is 0 Å². The lowest BCUT2D eigenvalue weighted by molar-refractivity contribution is 0.185. The summed E-state index contributed by atoms with van der Waals surface area (Å²) >= 11 is 1.80. The summed E-state index contributed by atoms with van der Waals surface area (Å²) in [5.74, 6) is 1.78. The maximum absolute atomic E-state index is 5.14. The van der Waals surface area contributed by atoms with E-state index in [1.807, 2.05) is 6.07 Å². The van der Waals surface area contributed by atoms with Crippen molar-refractivity contribution < 1.29 is 4.74 Å². The summed E-state index contributed by atoms with van der Waals surface area (Å²) < 4.78 is 5.14. The number of ether oxygens (including phenoxy) is 1. The molecule has 1 aromatic carbocycles. The summed E-state index contributed by atoms with van der Waals surface area (Å²) in [5, 5.41) is 4.41. The molecule has 1 N–H and O–H groups in total. The number of hydrogen-bond donors (Lipinski definition) is 1. The first kappa shape index (κ1) is 13.4. The average molecular weight is 264 g/mol. The lowest BCUT2D eigenvalue weighted by Crippen LogP contribution is -2.25. The highest BCUT2D eigenvalue weighted by Crippen LogP contribution is 2.24. The molecule has 18 heavy (non-hydrogen) atoms. The van der Waals surface area contributed by atoms with Crippen LogP contribution < -0.4 is 5.32 Å². The minimum Gasteiger partial charge on any atom is -0.380 e. The second-order valence-electron chi connectivity index (χ2n) is 4.72. The summed E-state index contributed by atoms with van der Waals surface area (Å²) in [6, 6.07) is 8.67. The Morgan fingerprint density at radius 1 is 1.44 bits per heavy atom. The molecule has 0 aliphatic carbocycles. The molecule has 1 aliphatic heterocycles. The van der Waals surface area contributed by atoms with Crippen LogP contribution in [0.25, 0.3) is 0 Å². The number of anilines is 1. The first-order valence-corrected chi connectivity index (χ1v) is 7.23. The molecule has 98 valence electrons. The molecule has 0 spiro atoms. The zero-order chi connectivity index (χ0) is 13.0. The molecule has 1 aliphatic rings. The monoisotopic (exact) mass is 264 g/mol. The van der Waals surface area contributed by atoms with Crippen molar-refractivity contribution in [3.05, 3.63) is 29.8 Å². The van der Waals surface area contributed by atoms with Gasteiger partial charge >= 0.3 is 0 Å². The highest BCUT2D eigenvalue weighted by Gasteiger charge is 2.19. The first-order chi connectivity index (χ1) is 8.69. The van der Waals surface area contributed by atoms with Gasteiger partial charge in [0, 0.05) is 18.6 Å². The number of amidine groups is 1. The minimum atomic E-state index is 0.399. The summed E-state index contributed by atoms with van der Waals surface area (Å²) in [6.45, 7) is 5.06. The van der Waals surface area contributed by atoms with E-state index in [-0.39, 0.29) is 0 Å². The van der Waals surface area contributed by atoms with Gasteiger partial charge in [0.1, 0.15) is 0 Å². The van der Waals surface area contributed by atoms with Crippen LogP contribution in [0.4, 0.5) is 5.69 Å². The lowest BCUT2D eigenvalue weighted by atomic mass is 10.1. The molecule has 2 rings (SSSR count). The maximum atomic E-state index is 5.14. The van der Waals surface area contributed by atoms with Crippen LogP contribution in [-0.2, 0) is 11.3 Å². The van der Waals surface area contributed by atoms with E-state index in [9.17, 15) is 0 Å². The largest absolute Gasteiger partial charge is 0.380 e. The number of thioether (sulfide) groups is 1. The molecule has 0 bridgehead atoms. The molecule has 4 heteroatoms. The number of aliphatic imine (C=N–C) groups is 1. The van der Waals surface area contributed by atoms with E-state index in [1.54, 1.807) is 18.9 Å². The van der Waals surface area contributed by atoms with Gasteiger partial charge in [0.25, 0.3) is 0 Å². The third-order valence-electron chi connectivity index (χ3n) is 3.12. The Labute approximate surface area is 113 Å². The van der Waals surface area contributed by atoms with Crippen molar-refractivity contribution in [2.24, 2.45) is 10.9 Å². The van der Waals surface area contributed by atoms with Gasteiger partial charge in [-0.2, -0.15) is 0 Å². The summed E-state index contributed by atoms with van der Waals surface area (Å²) in [6.07, 6.45) is 0. The Morgan fingerprint density at radius 3 is 3.00 bits per heavy atom. The smallest absolute Gasteiger partial charge is 0.161 e. The van der Waals surface area contributed by atoms with E-state index >= 15 is 0 Å². The second-order valence-corrected chi connectivity index (χ2v) is 5.73. The van der Waals surface area contributed by atoms with Crippen LogP contribution in [0.3, 0.4) is 0 Å². The number of nitrogens with one attached hydrogen (secondary N) is 1. The van der Waals surface area contributed by atoms with Crippen LogP contribution in [0.1, 0.15) is 19.4 Å². The Morgan fingerprint density at radius 2 is 2.28 bits per heavy atom. The zero-order valence-electron chi connectivity index (χ0n) is 11.1. The number of rotatable bonds is 3.